The third kappa shape index (κ3) is 5.55. The van der Waals surface area contributed by atoms with Gasteiger partial charge in [-0.25, -0.2) is 0 Å². The monoisotopic (exact) mass is 291 g/mol. The molecule has 21 heavy (non-hydrogen) atoms. The Labute approximate surface area is 126 Å². The first-order valence-corrected chi connectivity index (χ1v) is 7.08. The van der Waals surface area contributed by atoms with Gasteiger partial charge in [-0.1, -0.05) is 51.1 Å². The second-order valence-electron chi connectivity index (χ2n) is 6.31. The van der Waals surface area contributed by atoms with Gasteiger partial charge in [-0.2, -0.15) is 0 Å². The topological polar surface area (TPSA) is 89.4 Å². The molecule has 0 aromatic heterocycles. The third-order valence-electron chi connectivity index (χ3n) is 3.36. The molecular weight excluding hydrogens is 266 g/mol. The predicted molar refractivity (Wildman–Crippen MR) is 83.1 cm³/mol. The van der Waals surface area contributed by atoms with Crippen LogP contribution in [0.25, 0.3) is 0 Å². The second kappa shape index (κ2) is 7.22. The summed E-state index contributed by atoms with van der Waals surface area (Å²) >= 11 is 0. The van der Waals surface area contributed by atoms with Gasteiger partial charge < -0.3 is 16.4 Å². The van der Waals surface area contributed by atoms with Crippen LogP contribution in [0.15, 0.2) is 30.3 Å². The summed E-state index contributed by atoms with van der Waals surface area (Å²) in [5.74, 6) is -0.585. The maximum atomic E-state index is 12.6. The number of nitrogens with two attached hydrogens (primary N) is 2. The molecule has 0 aliphatic heterocycles. The fourth-order valence-corrected chi connectivity index (χ4v) is 1.88. The Bertz CT molecular complexity index is 480. The minimum atomic E-state index is -0.617. The van der Waals surface area contributed by atoms with Crippen LogP contribution in [0.2, 0.25) is 0 Å². The van der Waals surface area contributed by atoms with E-state index >= 15 is 0 Å². The van der Waals surface area contributed by atoms with Gasteiger partial charge in [-0.3, -0.25) is 9.59 Å². The second-order valence-corrected chi connectivity index (χ2v) is 6.31. The first kappa shape index (κ1) is 17.2. The summed E-state index contributed by atoms with van der Waals surface area (Å²) in [6.07, 6.45) is 0.134. The molecule has 1 atom stereocenters. The molecule has 0 spiro atoms. The Morgan fingerprint density at radius 3 is 2.24 bits per heavy atom. The Kier molecular flexibility index (Phi) is 5.90. The minimum Gasteiger partial charge on any atom is -0.370 e. The normalized spacial score (nSPS) is 12.8. The van der Waals surface area contributed by atoms with Gasteiger partial charge in [0.25, 0.3) is 0 Å². The lowest BCUT2D eigenvalue weighted by atomic mass is 9.86. The number of benzene rings is 1. The van der Waals surface area contributed by atoms with Crippen LogP contribution in [0, 0.1) is 5.41 Å². The molecule has 1 aromatic rings. The maximum absolute atomic E-state index is 12.6. The number of primary amides is 1. The highest BCUT2D eigenvalue weighted by atomic mass is 16.2. The smallest absolute Gasteiger partial charge is 0.240 e. The molecule has 0 saturated carbocycles. The molecule has 2 amide bonds. The molecular formula is C16H25N3O2. The molecule has 116 valence electrons. The van der Waals surface area contributed by atoms with Crippen molar-refractivity contribution >= 4 is 11.8 Å². The van der Waals surface area contributed by atoms with Crippen LogP contribution < -0.4 is 11.5 Å². The summed E-state index contributed by atoms with van der Waals surface area (Å²) in [4.78, 5) is 25.2. The van der Waals surface area contributed by atoms with E-state index in [9.17, 15) is 9.59 Å². The molecule has 0 aliphatic rings. The van der Waals surface area contributed by atoms with E-state index in [0.29, 0.717) is 6.54 Å². The highest BCUT2D eigenvalue weighted by Gasteiger charge is 2.31. The predicted octanol–water partition coefficient (Wildman–Crippen LogP) is 1.26. The first-order valence-electron chi connectivity index (χ1n) is 7.08. The van der Waals surface area contributed by atoms with Crippen LogP contribution in [-0.2, 0) is 16.1 Å². The number of carbonyl (C=O) groups excluding carboxylic acids is 2. The van der Waals surface area contributed by atoms with E-state index in [1.54, 1.807) is 4.90 Å². The summed E-state index contributed by atoms with van der Waals surface area (Å²) < 4.78 is 0. The van der Waals surface area contributed by atoms with Crippen molar-refractivity contribution in [2.24, 2.45) is 16.9 Å². The summed E-state index contributed by atoms with van der Waals surface area (Å²) in [5, 5.41) is 0. The van der Waals surface area contributed by atoms with Crippen LogP contribution in [0.3, 0.4) is 0 Å². The molecule has 0 heterocycles. The quantitative estimate of drug-likeness (QED) is 0.827. The van der Waals surface area contributed by atoms with Crippen molar-refractivity contribution in [1.29, 1.82) is 0 Å². The van der Waals surface area contributed by atoms with E-state index in [0.717, 1.165) is 5.56 Å². The standard InChI is InChI=1S/C16H25N3O2/c1-16(2,3)14(18)15(21)19(10-9-13(17)20)11-12-7-5-4-6-8-12/h4-8,14H,9-11,18H2,1-3H3,(H2,17,20). The van der Waals surface area contributed by atoms with Crippen molar-refractivity contribution in [3.05, 3.63) is 35.9 Å². The number of carbonyl (C=O) groups is 2. The van der Waals surface area contributed by atoms with Crippen LogP contribution in [0.5, 0.6) is 0 Å². The van der Waals surface area contributed by atoms with Gasteiger partial charge in [0.1, 0.15) is 0 Å². The Hall–Kier alpha value is -1.88. The van der Waals surface area contributed by atoms with Crippen molar-refractivity contribution in [2.45, 2.75) is 39.8 Å². The number of nitrogens with zero attached hydrogens (tertiary/aromatic N) is 1. The molecule has 0 bridgehead atoms. The van der Waals surface area contributed by atoms with Gasteiger partial charge in [-0.15, -0.1) is 0 Å². The summed E-state index contributed by atoms with van der Waals surface area (Å²) in [6, 6.07) is 9.00. The van der Waals surface area contributed by atoms with E-state index in [4.69, 9.17) is 11.5 Å². The molecule has 1 rings (SSSR count). The molecule has 0 radical (unpaired) electrons. The van der Waals surface area contributed by atoms with Crippen molar-refractivity contribution in [3.8, 4) is 0 Å². The molecule has 5 heteroatoms. The Morgan fingerprint density at radius 2 is 1.76 bits per heavy atom. The van der Waals surface area contributed by atoms with E-state index in [1.807, 2.05) is 51.1 Å². The van der Waals surface area contributed by atoms with Gasteiger partial charge in [0.2, 0.25) is 11.8 Å². The van der Waals surface area contributed by atoms with Crippen LogP contribution in [-0.4, -0.2) is 29.3 Å². The lowest BCUT2D eigenvalue weighted by Gasteiger charge is -2.32. The van der Waals surface area contributed by atoms with Gasteiger partial charge in [0, 0.05) is 19.5 Å². The van der Waals surface area contributed by atoms with E-state index in [2.05, 4.69) is 0 Å². The zero-order valence-electron chi connectivity index (χ0n) is 13.0. The number of rotatable bonds is 6. The highest BCUT2D eigenvalue weighted by molar-refractivity contribution is 5.83. The molecule has 1 aromatic carbocycles. The van der Waals surface area contributed by atoms with Gasteiger partial charge in [0.15, 0.2) is 0 Å². The Balaban J connectivity index is 2.86. The minimum absolute atomic E-state index is 0.134. The van der Waals surface area contributed by atoms with Crippen LogP contribution in [0.1, 0.15) is 32.8 Å². The average molecular weight is 291 g/mol. The lowest BCUT2D eigenvalue weighted by Crippen LogP contribution is -2.50. The molecule has 4 N–H and O–H groups in total. The number of hydrogen-bond acceptors (Lipinski definition) is 3. The largest absolute Gasteiger partial charge is 0.370 e. The highest BCUT2D eigenvalue weighted by Crippen LogP contribution is 2.20. The van der Waals surface area contributed by atoms with Crippen molar-refractivity contribution in [3.63, 3.8) is 0 Å². The van der Waals surface area contributed by atoms with Gasteiger partial charge in [-0.05, 0) is 11.0 Å². The SMILES string of the molecule is CC(C)(C)C(N)C(=O)N(CCC(N)=O)Cc1ccccc1. The van der Waals surface area contributed by atoms with E-state index in [-0.39, 0.29) is 24.3 Å². The third-order valence-corrected chi connectivity index (χ3v) is 3.36. The molecule has 0 fully saturated rings. The zero-order valence-corrected chi connectivity index (χ0v) is 13.0. The number of hydrogen-bond donors (Lipinski definition) is 2. The van der Waals surface area contributed by atoms with Crippen molar-refractivity contribution < 1.29 is 9.59 Å². The fourth-order valence-electron chi connectivity index (χ4n) is 1.88. The maximum Gasteiger partial charge on any atom is 0.240 e. The van der Waals surface area contributed by atoms with Crippen molar-refractivity contribution in [1.82, 2.24) is 4.90 Å². The summed E-state index contributed by atoms with van der Waals surface area (Å²) in [7, 11) is 0. The first-order chi connectivity index (χ1) is 9.71. The Morgan fingerprint density at radius 1 is 1.19 bits per heavy atom. The summed E-state index contributed by atoms with van der Waals surface area (Å²) in [5.41, 5.74) is 11.9. The van der Waals surface area contributed by atoms with E-state index < -0.39 is 11.9 Å². The summed E-state index contributed by atoms with van der Waals surface area (Å²) in [6.45, 7) is 6.47. The molecule has 5 nitrogen and oxygen atoms in total. The molecule has 1 unspecified atom stereocenters. The van der Waals surface area contributed by atoms with Crippen molar-refractivity contribution in [2.75, 3.05) is 6.54 Å². The van der Waals surface area contributed by atoms with Crippen LogP contribution in [0.4, 0.5) is 0 Å². The lowest BCUT2D eigenvalue weighted by molar-refractivity contribution is -0.136. The molecule has 0 aliphatic carbocycles. The van der Waals surface area contributed by atoms with Gasteiger partial charge >= 0.3 is 0 Å². The number of amides is 2. The van der Waals surface area contributed by atoms with E-state index in [1.165, 1.54) is 0 Å². The van der Waals surface area contributed by atoms with Gasteiger partial charge in [0.05, 0.1) is 6.04 Å². The van der Waals surface area contributed by atoms with Crippen LogP contribution >= 0.6 is 0 Å². The average Bonchev–Trinajstić information content (AvgIpc) is 2.41. The fraction of sp³-hybridized carbons (Fsp3) is 0.500. The molecule has 0 saturated heterocycles. The zero-order chi connectivity index (χ0) is 16.0.